The molecular weight excluding hydrogens is 290 g/mol. The van der Waals surface area contributed by atoms with Gasteiger partial charge in [0.1, 0.15) is 12.3 Å². The first-order valence-corrected chi connectivity index (χ1v) is 7.37. The van der Waals surface area contributed by atoms with Gasteiger partial charge < -0.3 is 10.1 Å². The number of nitrogens with zero attached hydrogens (tertiary/aromatic N) is 2. The molecule has 0 saturated carbocycles. The van der Waals surface area contributed by atoms with Gasteiger partial charge in [-0.15, -0.1) is 0 Å². The number of anilines is 2. The molecule has 23 heavy (non-hydrogen) atoms. The quantitative estimate of drug-likeness (QED) is 0.657. The van der Waals surface area contributed by atoms with Gasteiger partial charge in [-0.1, -0.05) is 31.2 Å². The van der Waals surface area contributed by atoms with Gasteiger partial charge in [-0.2, -0.15) is 5.26 Å². The minimum absolute atomic E-state index is 0.0539. The van der Waals surface area contributed by atoms with Crippen LogP contribution in [0.3, 0.4) is 0 Å². The van der Waals surface area contributed by atoms with E-state index in [0.29, 0.717) is 17.1 Å². The third-order valence-corrected chi connectivity index (χ3v) is 3.43. The summed E-state index contributed by atoms with van der Waals surface area (Å²) in [7, 11) is 1.54. The van der Waals surface area contributed by atoms with E-state index < -0.39 is 0 Å². The molecule has 0 heterocycles. The molecule has 1 amide bonds. The zero-order valence-electron chi connectivity index (χ0n) is 13.2. The van der Waals surface area contributed by atoms with Gasteiger partial charge in [0.15, 0.2) is 6.19 Å². The largest absolute Gasteiger partial charge is 0.495 e. The summed E-state index contributed by atoms with van der Waals surface area (Å²) in [5.41, 5.74) is 2.41. The number of hydrogen-bond acceptors (Lipinski definition) is 4. The molecule has 0 aliphatic carbocycles. The topological polar surface area (TPSA) is 65.4 Å². The van der Waals surface area contributed by atoms with Crippen molar-refractivity contribution < 1.29 is 9.53 Å². The Bertz CT molecular complexity index is 722. The highest BCUT2D eigenvalue weighted by atomic mass is 16.5. The Morgan fingerprint density at radius 3 is 2.74 bits per heavy atom. The summed E-state index contributed by atoms with van der Waals surface area (Å²) < 4.78 is 5.20. The van der Waals surface area contributed by atoms with Crippen LogP contribution in [-0.2, 0) is 11.2 Å². The lowest BCUT2D eigenvalue weighted by Gasteiger charge is -2.17. The Hall–Kier alpha value is -3.00. The van der Waals surface area contributed by atoms with Crippen LogP contribution in [0.5, 0.6) is 5.75 Å². The Kier molecular flexibility index (Phi) is 5.59. The van der Waals surface area contributed by atoms with E-state index in [1.54, 1.807) is 19.2 Å². The summed E-state index contributed by atoms with van der Waals surface area (Å²) in [6, 6.07) is 14.8. The number of rotatable bonds is 6. The molecule has 0 bridgehead atoms. The average Bonchev–Trinajstić information content (AvgIpc) is 2.60. The first-order chi connectivity index (χ1) is 11.2. The van der Waals surface area contributed by atoms with Crippen molar-refractivity contribution in [2.45, 2.75) is 13.3 Å². The van der Waals surface area contributed by atoms with Crippen molar-refractivity contribution in [2.75, 3.05) is 23.9 Å². The molecule has 0 saturated heterocycles. The van der Waals surface area contributed by atoms with Gasteiger partial charge in [0.2, 0.25) is 5.91 Å². The fraction of sp³-hybridized carbons (Fsp3) is 0.222. The minimum Gasteiger partial charge on any atom is -0.495 e. The molecule has 0 unspecified atom stereocenters. The number of hydrogen-bond donors (Lipinski definition) is 1. The highest BCUT2D eigenvalue weighted by Gasteiger charge is 2.13. The molecule has 0 atom stereocenters. The van der Waals surface area contributed by atoms with Crippen molar-refractivity contribution in [2.24, 2.45) is 0 Å². The summed E-state index contributed by atoms with van der Waals surface area (Å²) in [5, 5.41) is 12.1. The number of para-hydroxylation sites is 2. The molecule has 0 spiro atoms. The van der Waals surface area contributed by atoms with Gasteiger partial charge >= 0.3 is 0 Å². The van der Waals surface area contributed by atoms with E-state index in [2.05, 4.69) is 11.5 Å². The summed E-state index contributed by atoms with van der Waals surface area (Å²) in [6.07, 6.45) is 2.93. The molecular formula is C18H19N3O2. The van der Waals surface area contributed by atoms with Crippen molar-refractivity contribution in [1.82, 2.24) is 0 Å². The van der Waals surface area contributed by atoms with Crippen LogP contribution in [0.4, 0.5) is 11.4 Å². The molecule has 2 aromatic carbocycles. The number of methoxy groups -OCH3 is 1. The van der Waals surface area contributed by atoms with Gasteiger partial charge in [-0.05, 0) is 36.2 Å². The van der Waals surface area contributed by atoms with Crippen molar-refractivity contribution in [3.8, 4) is 11.9 Å². The number of ether oxygens (including phenoxy) is 1. The van der Waals surface area contributed by atoms with E-state index in [-0.39, 0.29) is 12.5 Å². The molecule has 2 aromatic rings. The number of benzene rings is 2. The maximum atomic E-state index is 12.2. The molecule has 0 fully saturated rings. The third-order valence-electron chi connectivity index (χ3n) is 3.43. The predicted octanol–water partition coefficient (Wildman–Crippen LogP) is 3.18. The Labute approximate surface area is 136 Å². The second kappa shape index (κ2) is 7.85. The molecule has 0 aliphatic heterocycles. The van der Waals surface area contributed by atoms with E-state index >= 15 is 0 Å². The molecule has 1 N–H and O–H groups in total. The highest BCUT2D eigenvalue weighted by molar-refractivity contribution is 5.95. The smallest absolute Gasteiger partial charge is 0.245 e. The number of nitrogens with one attached hydrogen (secondary N) is 1. The molecule has 0 aromatic heterocycles. The molecule has 2 rings (SSSR count). The van der Waals surface area contributed by atoms with E-state index in [1.165, 1.54) is 4.90 Å². The van der Waals surface area contributed by atoms with Gasteiger partial charge in [0.05, 0.1) is 18.5 Å². The lowest BCUT2D eigenvalue weighted by atomic mass is 10.1. The van der Waals surface area contributed by atoms with Crippen LogP contribution >= 0.6 is 0 Å². The fourth-order valence-electron chi connectivity index (χ4n) is 2.21. The van der Waals surface area contributed by atoms with Gasteiger partial charge in [-0.3, -0.25) is 9.69 Å². The Morgan fingerprint density at radius 1 is 1.26 bits per heavy atom. The van der Waals surface area contributed by atoms with Crippen LogP contribution in [0.15, 0.2) is 48.5 Å². The van der Waals surface area contributed by atoms with Gasteiger partial charge in [0, 0.05) is 0 Å². The normalized spacial score (nSPS) is 9.78. The van der Waals surface area contributed by atoms with E-state index in [4.69, 9.17) is 4.74 Å². The number of amides is 1. The van der Waals surface area contributed by atoms with Crippen LogP contribution in [0.2, 0.25) is 0 Å². The van der Waals surface area contributed by atoms with Crippen LogP contribution in [0.25, 0.3) is 0 Å². The van der Waals surface area contributed by atoms with E-state index in [0.717, 1.165) is 12.0 Å². The molecule has 5 heteroatoms. The maximum absolute atomic E-state index is 12.2. The standard InChI is InChI=1S/C18H19N3O2/c1-3-14-7-6-8-15(11-14)21(13-19)12-18(22)20-16-9-4-5-10-17(16)23-2/h4-11H,3,12H2,1-2H3,(H,20,22). The fourth-order valence-corrected chi connectivity index (χ4v) is 2.21. The van der Waals surface area contributed by atoms with Gasteiger partial charge in [0.25, 0.3) is 0 Å². The van der Waals surface area contributed by atoms with Crippen molar-refractivity contribution in [1.29, 1.82) is 5.26 Å². The number of aryl methyl sites for hydroxylation is 1. The number of nitriles is 1. The minimum atomic E-state index is -0.280. The highest BCUT2D eigenvalue weighted by Crippen LogP contribution is 2.23. The summed E-state index contributed by atoms with van der Waals surface area (Å²) in [4.78, 5) is 13.6. The summed E-state index contributed by atoms with van der Waals surface area (Å²) >= 11 is 0. The lowest BCUT2D eigenvalue weighted by Crippen LogP contribution is -2.29. The molecule has 0 aliphatic rings. The first kappa shape index (κ1) is 16.4. The Morgan fingerprint density at radius 2 is 2.04 bits per heavy atom. The zero-order chi connectivity index (χ0) is 16.7. The second-order valence-corrected chi connectivity index (χ2v) is 4.96. The number of carbonyl (C=O) groups excluding carboxylic acids is 1. The Balaban J connectivity index is 2.09. The van der Waals surface area contributed by atoms with E-state index in [9.17, 15) is 10.1 Å². The van der Waals surface area contributed by atoms with Gasteiger partial charge in [-0.25, -0.2) is 0 Å². The third kappa shape index (κ3) is 4.24. The maximum Gasteiger partial charge on any atom is 0.245 e. The summed E-state index contributed by atoms with van der Waals surface area (Å²) in [5.74, 6) is 0.301. The zero-order valence-corrected chi connectivity index (χ0v) is 13.2. The van der Waals surface area contributed by atoms with Crippen LogP contribution < -0.4 is 15.0 Å². The van der Waals surface area contributed by atoms with Crippen molar-refractivity contribution in [3.05, 3.63) is 54.1 Å². The van der Waals surface area contributed by atoms with Crippen molar-refractivity contribution >= 4 is 17.3 Å². The SMILES string of the molecule is CCc1cccc(N(C#N)CC(=O)Nc2ccccc2OC)c1. The summed E-state index contributed by atoms with van der Waals surface area (Å²) in [6.45, 7) is 1.99. The van der Waals surface area contributed by atoms with Crippen LogP contribution in [-0.4, -0.2) is 19.6 Å². The average molecular weight is 309 g/mol. The lowest BCUT2D eigenvalue weighted by molar-refractivity contribution is -0.114. The number of carbonyl (C=O) groups is 1. The second-order valence-electron chi connectivity index (χ2n) is 4.96. The molecule has 0 radical (unpaired) electrons. The van der Waals surface area contributed by atoms with Crippen LogP contribution in [0.1, 0.15) is 12.5 Å². The van der Waals surface area contributed by atoms with E-state index in [1.807, 2.05) is 43.3 Å². The predicted molar refractivity (Wildman–Crippen MR) is 90.4 cm³/mol. The molecule has 5 nitrogen and oxygen atoms in total. The first-order valence-electron chi connectivity index (χ1n) is 7.37. The van der Waals surface area contributed by atoms with Crippen molar-refractivity contribution in [3.63, 3.8) is 0 Å². The molecule has 118 valence electrons. The van der Waals surface area contributed by atoms with Crippen LogP contribution in [0, 0.1) is 11.5 Å². The monoisotopic (exact) mass is 309 g/mol.